The Bertz CT molecular complexity index is 757. The monoisotopic (exact) mass is 388 g/mol. The summed E-state index contributed by atoms with van der Waals surface area (Å²) in [5, 5.41) is 21.8. The summed E-state index contributed by atoms with van der Waals surface area (Å²) in [5.41, 5.74) is -2.97. The van der Waals surface area contributed by atoms with Crippen LogP contribution in [0.25, 0.3) is 0 Å². The predicted molar refractivity (Wildman–Crippen MR) is 90.0 cm³/mol. The normalized spacial score (nSPS) is 12.2. The molecule has 1 unspecified atom stereocenters. The van der Waals surface area contributed by atoms with E-state index < -0.39 is 55.3 Å². The van der Waals surface area contributed by atoms with E-state index >= 15 is 0 Å². The minimum atomic E-state index is -1.81. The molecule has 1 rings (SSSR count). The second kappa shape index (κ2) is 8.09. The van der Waals surface area contributed by atoms with Crippen molar-refractivity contribution in [3.8, 4) is 0 Å². The number of benzene rings is 1. The third kappa shape index (κ3) is 5.12. The first kappa shape index (κ1) is 21.3. The first-order valence-electron chi connectivity index (χ1n) is 7.40. The maximum Gasteiger partial charge on any atom is 0.325 e. The molecule has 1 atom stereocenters. The van der Waals surface area contributed by atoms with Crippen LogP contribution in [0.5, 0.6) is 0 Å². The standard InChI is InChI=1S/C15H17ClN2O8/c1-5-25-13(19)12(14(20)26-15(2,3)4)8-6-9(16)11(18(23)24)7-10(8)17(21)22/h6-7,12H,5H2,1-4H3. The van der Waals surface area contributed by atoms with Crippen molar-refractivity contribution in [2.45, 2.75) is 39.2 Å². The van der Waals surface area contributed by atoms with Gasteiger partial charge in [0.25, 0.3) is 11.4 Å². The summed E-state index contributed by atoms with van der Waals surface area (Å²) in [6.07, 6.45) is 0. The van der Waals surface area contributed by atoms with E-state index in [-0.39, 0.29) is 6.61 Å². The Labute approximate surface area is 153 Å². The van der Waals surface area contributed by atoms with Crippen LogP contribution in [-0.4, -0.2) is 34.0 Å². The van der Waals surface area contributed by atoms with Gasteiger partial charge in [-0.3, -0.25) is 29.8 Å². The molecule has 0 N–H and O–H groups in total. The molecule has 26 heavy (non-hydrogen) atoms. The molecule has 0 aromatic heterocycles. The Balaban J connectivity index is 3.61. The van der Waals surface area contributed by atoms with Gasteiger partial charge < -0.3 is 9.47 Å². The van der Waals surface area contributed by atoms with Crippen LogP contribution in [0.3, 0.4) is 0 Å². The summed E-state index contributed by atoms with van der Waals surface area (Å²) < 4.78 is 9.94. The number of nitro groups is 2. The smallest absolute Gasteiger partial charge is 0.325 e. The van der Waals surface area contributed by atoms with E-state index in [2.05, 4.69) is 0 Å². The van der Waals surface area contributed by atoms with Gasteiger partial charge in [0.15, 0.2) is 5.92 Å². The van der Waals surface area contributed by atoms with Gasteiger partial charge in [-0.25, -0.2) is 0 Å². The highest BCUT2D eigenvalue weighted by atomic mass is 35.5. The van der Waals surface area contributed by atoms with Crippen molar-refractivity contribution < 1.29 is 28.9 Å². The van der Waals surface area contributed by atoms with Gasteiger partial charge in [0.1, 0.15) is 10.6 Å². The molecule has 0 spiro atoms. The average Bonchev–Trinajstić information content (AvgIpc) is 2.45. The molecular weight excluding hydrogens is 372 g/mol. The third-order valence-corrected chi connectivity index (χ3v) is 3.27. The fourth-order valence-electron chi connectivity index (χ4n) is 2.03. The lowest BCUT2D eigenvalue weighted by molar-refractivity contribution is -0.394. The van der Waals surface area contributed by atoms with Crippen LogP contribution < -0.4 is 0 Å². The Hall–Kier alpha value is -2.75. The maximum absolute atomic E-state index is 12.5. The van der Waals surface area contributed by atoms with Crippen molar-refractivity contribution in [2.75, 3.05) is 6.61 Å². The number of esters is 2. The molecular formula is C15H17ClN2O8. The summed E-state index contributed by atoms with van der Waals surface area (Å²) >= 11 is 5.80. The second-order valence-electron chi connectivity index (χ2n) is 6.10. The molecule has 0 heterocycles. The molecule has 1 aromatic rings. The fraction of sp³-hybridized carbons (Fsp3) is 0.467. The van der Waals surface area contributed by atoms with Gasteiger partial charge in [0.2, 0.25) is 0 Å². The lowest BCUT2D eigenvalue weighted by Crippen LogP contribution is -2.32. The van der Waals surface area contributed by atoms with Crippen molar-refractivity contribution in [3.63, 3.8) is 0 Å². The molecule has 0 bridgehead atoms. The van der Waals surface area contributed by atoms with Crippen molar-refractivity contribution in [2.24, 2.45) is 0 Å². The van der Waals surface area contributed by atoms with Gasteiger partial charge in [-0.15, -0.1) is 0 Å². The Morgan fingerprint density at radius 1 is 1.12 bits per heavy atom. The van der Waals surface area contributed by atoms with Gasteiger partial charge in [-0.1, -0.05) is 11.6 Å². The molecule has 142 valence electrons. The Morgan fingerprint density at radius 2 is 1.65 bits per heavy atom. The summed E-state index contributed by atoms with van der Waals surface area (Å²) in [6.45, 7) is 6.03. The van der Waals surface area contributed by atoms with Crippen LogP contribution in [0.2, 0.25) is 5.02 Å². The largest absolute Gasteiger partial charge is 0.465 e. The fourth-order valence-corrected chi connectivity index (χ4v) is 2.27. The first-order valence-corrected chi connectivity index (χ1v) is 7.78. The molecule has 11 heteroatoms. The third-order valence-electron chi connectivity index (χ3n) is 2.97. The van der Waals surface area contributed by atoms with Gasteiger partial charge in [0, 0.05) is 0 Å². The van der Waals surface area contributed by atoms with Crippen LogP contribution in [-0.2, 0) is 19.1 Å². The van der Waals surface area contributed by atoms with Crippen LogP contribution >= 0.6 is 11.6 Å². The zero-order valence-corrected chi connectivity index (χ0v) is 15.2. The summed E-state index contributed by atoms with van der Waals surface area (Å²) in [5.74, 6) is -3.99. The molecule has 0 aliphatic heterocycles. The molecule has 0 amide bonds. The molecule has 0 radical (unpaired) electrons. The number of carbonyl (C=O) groups is 2. The summed E-state index contributed by atoms with van der Waals surface area (Å²) in [4.78, 5) is 45.1. The molecule has 10 nitrogen and oxygen atoms in total. The van der Waals surface area contributed by atoms with E-state index in [4.69, 9.17) is 21.1 Å². The number of ether oxygens (including phenoxy) is 2. The van der Waals surface area contributed by atoms with Crippen molar-refractivity contribution in [1.82, 2.24) is 0 Å². The van der Waals surface area contributed by atoms with Gasteiger partial charge in [0.05, 0.1) is 28.1 Å². The molecule has 0 fully saturated rings. The van der Waals surface area contributed by atoms with E-state index in [0.717, 1.165) is 6.07 Å². The SMILES string of the molecule is CCOC(=O)C(C(=O)OC(C)(C)C)c1cc(Cl)c([N+](=O)[O-])cc1[N+](=O)[O-]. The maximum atomic E-state index is 12.5. The number of nitrogens with zero attached hydrogens (tertiary/aromatic N) is 2. The van der Waals surface area contributed by atoms with Crippen LogP contribution in [0, 0.1) is 20.2 Å². The minimum Gasteiger partial charge on any atom is -0.465 e. The van der Waals surface area contributed by atoms with Crippen molar-refractivity contribution in [3.05, 3.63) is 42.9 Å². The van der Waals surface area contributed by atoms with E-state index in [0.29, 0.717) is 6.07 Å². The minimum absolute atomic E-state index is 0.0906. The van der Waals surface area contributed by atoms with E-state index in [1.54, 1.807) is 20.8 Å². The average molecular weight is 389 g/mol. The van der Waals surface area contributed by atoms with Crippen molar-refractivity contribution in [1.29, 1.82) is 0 Å². The van der Waals surface area contributed by atoms with Gasteiger partial charge in [-0.05, 0) is 33.8 Å². The highest BCUT2D eigenvalue weighted by Gasteiger charge is 2.40. The number of hydrogen-bond donors (Lipinski definition) is 0. The predicted octanol–water partition coefficient (Wildman–Crippen LogP) is 3.14. The second-order valence-corrected chi connectivity index (χ2v) is 6.50. The van der Waals surface area contributed by atoms with Gasteiger partial charge >= 0.3 is 11.9 Å². The van der Waals surface area contributed by atoms with E-state index in [1.807, 2.05) is 0 Å². The zero-order chi connectivity index (χ0) is 20.2. The summed E-state index contributed by atoms with van der Waals surface area (Å²) in [7, 11) is 0. The molecule has 1 aromatic carbocycles. The molecule has 0 aliphatic carbocycles. The number of carbonyl (C=O) groups excluding carboxylic acids is 2. The van der Waals surface area contributed by atoms with Crippen LogP contribution in [0.15, 0.2) is 12.1 Å². The van der Waals surface area contributed by atoms with Crippen LogP contribution in [0.4, 0.5) is 11.4 Å². The molecule has 0 saturated heterocycles. The zero-order valence-electron chi connectivity index (χ0n) is 14.5. The quantitative estimate of drug-likeness (QED) is 0.313. The lowest BCUT2D eigenvalue weighted by Gasteiger charge is -2.23. The lowest BCUT2D eigenvalue weighted by atomic mass is 9.96. The Morgan fingerprint density at radius 3 is 2.08 bits per heavy atom. The van der Waals surface area contributed by atoms with E-state index in [9.17, 15) is 29.8 Å². The first-order chi connectivity index (χ1) is 11.9. The number of rotatable bonds is 6. The van der Waals surface area contributed by atoms with E-state index in [1.165, 1.54) is 6.92 Å². The number of halogens is 1. The van der Waals surface area contributed by atoms with Crippen molar-refractivity contribution >= 4 is 34.9 Å². The van der Waals surface area contributed by atoms with Crippen LogP contribution in [0.1, 0.15) is 39.2 Å². The number of hydrogen-bond acceptors (Lipinski definition) is 8. The highest BCUT2D eigenvalue weighted by Crippen LogP contribution is 2.37. The Kier molecular flexibility index (Phi) is 6.62. The topological polar surface area (TPSA) is 139 Å². The molecule has 0 aliphatic rings. The molecule has 0 saturated carbocycles. The van der Waals surface area contributed by atoms with Gasteiger partial charge in [-0.2, -0.15) is 0 Å². The highest BCUT2D eigenvalue weighted by molar-refractivity contribution is 6.33. The summed E-state index contributed by atoms with van der Waals surface area (Å²) in [6, 6.07) is 1.43. The number of nitro benzene ring substituents is 2.